The summed E-state index contributed by atoms with van der Waals surface area (Å²) in [5, 5.41) is 7.48. The molecule has 9 nitrogen and oxygen atoms in total. The molecule has 2 aromatic rings. The Bertz CT molecular complexity index is 1380. The highest BCUT2D eigenvalue weighted by molar-refractivity contribution is 7.92. The van der Waals surface area contributed by atoms with Crippen molar-refractivity contribution in [1.82, 2.24) is 30.0 Å². The maximum Gasteiger partial charge on any atom is 0.501 e. The van der Waals surface area contributed by atoms with Gasteiger partial charge in [-0.25, -0.2) is 18.2 Å². The summed E-state index contributed by atoms with van der Waals surface area (Å²) in [4.78, 5) is 24.4. The lowest BCUT2D eigenvalue weighted by Crippen LogP contribution is -2.70. The highest BCUT2D eigenvalue weighted by Gasteiger charge is 2.58. The fourth-order valence-electron chi connectivity index (χ4n) is 7.19. The summed E-state index contributed by atoms with van der Waals surface area (Å²) in [6.07, 6.45) is 8.85. The number of alkyl halides is 3. The Hall–Kier alpha value is -2.70. The van der Waals surface area contributed by atoms with Gasteiger partial charge in [0.1, 0.15) is 5.82 Å². The summed E-state index contributed by atoms with van der Waals surface area (Å²) in [5.74, 6) is 3.15. The van der Waals surface area contributed by atoms with Crippen molar-refractivity contribution in [3.8, 4) is 0 Å². The quantitative estimate of drug-likeness (QED) is 0.609. The van der Waals surface area contributed by atoms with Gasteiger partial charge >= 0.3 is 11.5 Å². The maximum atomic E-state index is 13.0. The number of sulfone groups is 1. The molecule has 0 bridgehead atoms. The highest BCUT2D eigenvalue weighted by atomic mass is 32.2. The van der Waals surface area contributed by atoms with E-state index in [9.17, 15) is 26.4 Å². The first-order chi connectivity index (χ1) is 17.9. The van der Waals surface area contributed by atoms with E-state index in [4.69, 9.17) is 0 Å². The Balaban J connectivity index is 0.858. The average molecular weight is 551 g/mol. The van der Waals surface area contributed by atoms with E-state index >= 15 is 0 Å². The number of amides is 2. The number of pyridine rings is 1. The van der Waals surface area contributed by atoms with E-state index in [1.54, 1.807) is 0 Å². The van der Waals surface area contributed by atoms with Crippen molar-refractivity contribution in [1.29, 1.82) is 0 Å². The van der Waals surface area contributed by atoms with Crippen LogP contribution in [0.1, 0.15) is 67.6 Å². The Kier molecular flexibility index (Phi) is 5.07. The Morgan fingerprint density at radius 2 is 1.63 bits per heavy atom. The number of rotatable bonds is 5. The number of hydrogen-bond acceptors (Lipinski definition) is 6. The number of likely N-dealkylation sites (tertiary alicyclic amines) is 2. The molecule has 0 atom stereocenters. The third kappa shape index (κ3) is 3.91. The molecule has 38 heavy (non-hydrogen) atoms. The van der Waals surface area contributed by atoms with Gasteiger partial charge in [0.05, 0.1) is 4.90 Å². The van der Waals surface area contributed by atoms with Crippen molar-refractivity contribution in [2.45, 2.75) is 67.2 Å². The lowest BCUT2D eigenvalue weighted by atomic mass is 9.56. The van der Waals surface area contributed by atoms with Crippen molar-refractivity contribution in [3.63, 3.8) is 0 Å². The Morgan fingerprint density at radius 3 is 2.24 bits per heavy atom. The molecular formula is C25H29F3N6O3S. The number of urea groups is 1. The second kappa shape index (κ2) is 7.92. The highest BCUT2D eigenvalue weighted by Crippen LogP contribution is 2.57. The molecule has 2 saturated heterocycles. The second-order valence-corrected chi connectivity index (χ2v) is 14.4. The van der Waals surface area contributed by atoms with Crippen LogP contribution in [0.2, 0.25) is 0 Å². The number of nitrogens with one attached hydrogen (secondary N) is 1. The van der Waals surface area contributed by atoms with Gasteiger partial charge in [-0.15, -0.1) is 0 Å². The largest absolute Gasteiger partial charge is 0.501 e. The zero-order valence-electron chi connectivity index (χ0n) is 20.7. The first-order valence-electron chi connectivity index (χ1n) is 13.2. The molecule has 2 spiro atoms. The van der Waals surface area contributed by atoms with E-state index in [1.807, 2.05) is 9.80 Å². The van der Waals surface area contributed by atoms with Gasteiger partial charge in [-0.2, -0.15) is 18.3 Å². The molecule has 13 heteroatoms. The molecule has 5 aliphatic rings. The van der Waals surface area contributed by atoms with Gasteiger partial charge in [0, 0.05) is 61.2 Å². The molecule has 3 saturated carbocycles. The standard InChI is InChI=1S/C25H29F3N6O3S/c26-25(27,28)38(36,37)19-4-15(9-29-10-19)3-16-5-23(6-16)11-33(12-23)22(35)34-13-24(14-34)7-18(8-24)21-30-20(31-32-21)17-1-2-17/h4,9-10,16-18H,1-3,5-8,11-14H2,(H,30,31,32). The fraction of sp³-hybridized carbons (Fsp3) is 0.680. The molecule has 7 rings (SSSR count). The number of carbonyl (C=O) groups excluding carboxylic acids is 1. The number of carbonyl (C=O) groups is 1. The molecule has 2 aromatic heterocycles. The minimum absolute atomic E-state index is 0.0824. The van der Waals surface area contributed by atoms with Gasteiger partial charge in [0.15, 0.2) is 5.82 Å². The lowest BCUT2D eigenvalue weighted by Gasteiger charge is -2.63. The summed E-state index contributed by atoms with van der Waals surface area (Å²) >= 11 is 0. The van der Waals surface area contributed by atoms with Crippen LogP contribution >= 0.6 is 0 Å². The van der Waals surface area contributed by atoms with E-state index < -0.39 is 20.2 Å². The molecule has 0 radical (unpaired) electrons. The smallest absolute Gasteiger partial charge is 0.323 e. The number of aromatic nitrogens is 4. The normalized spacial score (nSPS) is 24.6. The predicted octanol–water partition coefficient (Wildman–Crippen LogP) is 3.62. The molecule has 2 aliphatic heterocycles. The number of aromatic amines is 1. The number of nitrogens with zero attached hydrogens (tertiary/aromatic N) is 5. The first-order valence-corrected chi connectivity index (χ1v) is 14.6. The third-order valence-corrected chi connectivity index (χ3v) is 10.7. The van der Waals surface area contributed by atoms with E-state index in [-0.39, 0.29) is 22.8 Å². The van der Waals surface area contributed by atoms with E-state index in [2.05, 4.69) is 20.2 Å². The summed E-state index contributed by atoms with van der Waals surface area (Å²) < 4.78 is 61.9. The lowest BCUT2D eigenvalue weighted by molar-refractivity contribution is -0.100. The van der Waals surface area contributed by atoms with Gasteiger partial charge < -0.3 is 9.80 Å². The summed E-state index contributed by atoms with van der Waals surface area (Å²) in [7, 11) is -5.40. The number of halogens is 3. The molecule has 4 heterocycles. The van der Waals surface area contributed by atoms with Crippen molar-refractivity contribution in [3.05, 3.63) is 35.7 Å². The number of hydrogen-bond donors (Lipinski definition) is 1. The van der Waals surface area contributed by atoms with Crippen LogP contribution in [0.15, 0.2) is 23.4 Å². The minimum atomic E-state index is -5.40. The van der Waals surface area contributed by atoms with Crippen LogP contribution in [0.3, 0.4) is 0 Å². The zero-order valence-corrected chi connectivity index (χ0v) is 21.6. The molecule has 2 amide bonds. The Morgan fingerprint density at radius 1 is 1.00 bits per heavy atom. The second-order valence-electron chi connectivity index (χ2n) is 12.4. The molecule has 5 fully saturated rings. The van der Waals surface area contributed by atoms with Gasteiger partial charge in [-0.1, -0.05) is 0 Å². The van der Waals surface area contributed by atoms with E-state index in [0.29, 0.717) is 36.9 Å². The van der Waals surface area contributed by atoms with E-state index in [1.165, 1.54) is 19.0 Å². The first kappa shape index (κ1) is 24.3. The van der Waals surface area contributed by atoms with Crippen molar-refractivity contribution >= 4 is 15.9 Å². The van der Waals surface area contributed by atoms with Crippen LogP contribution < -0.4 is 0 Å². The van der Waals surface area contributed by atoms with Crippen LogP contribution in [0.5, 0.6) is 0 Å². The Labute approximate surface area is 218 Å². The topological polar surface area (TPSA) is 112 Å². The predicted molar refractivity (Wildman–Crippen MR) is 128 cm³/mol. The van der Waals surface area contributed by atoms with Crippen molar-refractivity contribution in [2.75, 3.05) is 26.2 Å². The van der Waals surface area contributed by atoms with Gasteiger partial charge in [-0.3, -0.25) is 10.1 Å². The molecule has 3 aliphatic carbocycles. The fourth-order valence-corrected chi connectivity index (χ4v) is 7.96. The summed E-state index contributed by atoms with van der Waals surface area (Å²) in [5.41, 5.74) is -4.55. The van der Waals surface area contributed by atoms with Crippen LogP contribution in [0, 0.1) is 16.7 Å². The van der Waals surface area contributed by atoms with Gasteiger partial charge in [0.25, 0.3) is 9.84 Å². The molecule has 204 valence electrons. The van der Waals surface area contributed by atoms with Gasteiger partial charge in [0.2, 0.25) is 0 Å². The summed E-state index contributed by atoms with van der Waals surface area (Å²) in [6.45, 7) is 3.00. The van der Waals surface area contributed by atoms with Crippen LogP contribution in [0.25, 0.3) is 0 Å². The van der Waals surface area contributed by atoms with Crippen molar-refractivity contribution < 1.29 is 26.4 Å². The molecule has 1 N–H and O–H groups in total. The maximum absolute atomic E-state index is 13.0. The zero-order chi connectivity index (χ0) is 26.5. The van der Waals surface area contributed by atoms with Gasteiger partial charge in [-0.05, 0) is 62.5 Å². The SMILES string of the molecule is O=C(N1CC2(CC(Cc3cncc(S(=O)(=O)C(F)(F)F)c3)C2)C1)N1CC2(CC(c3nc(C4CC4)n[nH]3)C2)C1. The number of H-pyrrole nitrogens is 1. The van der Waals surface area contributed by atoms with Crippen LogP contribution in [-0.4, -0.2) is 76.1 Å². The van der Waals surface area contributed by atoms with Crippen LogP contribution in [-0.2, 0) is 16.3 Å². The molecular weight excluding hydrogens is 521 g/mol. The monoisotopic (exact) mass is 550 g/mol. The molecule has 0 unspecified atom stereocenters. The third-order valence-electron chi connectivity index (χ3n) is 9.21. The molecule has 0 aromatic carbocycles. The van der Waals surface area contributed by atoms with E-state index in [0.717, 1.165) is 62.7 Å². The summed E-state index contributed by atoms with van der Waals surface area (Å²) in [6, 6.07) is 1.18. The van der Waals surface area contributed by atoms with Crippen molar-refractivity contribution in [2.24, 2.45) is 16.7 Å². The average Bonchev–Trinajstić information content (AvgIpc) is 3.49. The van der Waals surface area contributed by atoms with Crippen LogP contribution in [0.4, 0.5) is 18.0 Å². The minimum Gasteiger partial charge on any atom is -0.323 e.